The first kappa shape index (κ1) is 11.4. The number of rotatable bonds is 3. The third-order valence-corrected chi connectivity index (χ3v) is 1.91. The van der Waals surface area contributed by atoms with Gasteiger partial charge in [-0.15, -0.1) is 0 Å². The maximum absolute atomic E-state index is 11.4. The van der Waals surface area contributed by atoms with Gasteiger partial charge in [0.15, 0.2) is 0 Å². The molecule has 0 aliphatic rings. The van der Waals surface area contributed by atoms with E-state index in [9.17, 15) is 4.79 Å². The van der Waals surface area contributed by atoms with Crippen molar-refractivity contribution in [2.24, 2.45) is 0 Å². The minimum Gasteiger partial charge on any atom is -0.467 e. The Hall–Kier alpha value is -1.65. The van der Waals surface area contributed by atoms with Crippen molar-refractivity contribution in [3.8, 4) is 0 Å². The fourth-order valence-electron chi connectivity index (χ4n) is 1.09. The van der Waals surface area contributed by atoms with Crippen LogP contribution < -0.4 is 5.32 Å². The lowest BCUT2D eigenvalue weighted by molar-refractivity contribution is -0.144. The molecule has 82 valence electrons. The molecule has 0 amide bonds. The van der Waals surface area contributed by atoms with Crippen molar-refractivity contribution in [1.82, 2.24) is 9.97 Å². The Morgan fingerprint density at radius 2 is 2.20 bits per heavy atom. The molecule has 5 heteroatoms. The van der Waals surface area contributed by atoms with Crippen molar-refractivity contribution < 1.29 is 9.53 Å². The van der Waals surface area contributed by atoms with Crippen LogP contribution in [0.25, 0.3) is 0 Å². The van der Waals surface area contributed by atoms with Gasteiger partial charge in [0.05, 0.1) is 7.11 Å². The number of nitrogens with zero attached hydrogens (tertiary/aromatic N) is 2. The molecule has 0 aromatic carbocycles. The Bertz CT molecular complexity index is 363. The molecule has 0 atom stereocenters. The van der Waals surface area contributed by atoms with Crippen LogP contribution in [0.3, 0.4) is 0 Å². The predicted molar refractivity (Wildman–Crippen MR) is 56.5 cm³/mol. The Kier molecular flexibility index (Phi) is 3.24. The zero-order valence-electron chi connectivity index (χ0n) is 9.37. The van der Waals surface area contributed by atoms with E-state index in [1.54, 1.807) is 26.1 Å². The molecule has 0 spiro atoms. The number of anilines is 1. The van der Waals surface area contributed by atoms with Gasteiger partial charge >= 0.3 is 5.97 Å². The van der Waals surface area contributed by atoms with Gasteiger partial charge in [-0.25, -0.2) is 14.8 Å². The first-order valence-corrected chi connectivity index (χ1v) is 4.62. The molecule has 0 saturated heterocycles. The second kappa shape index (κ2) is 4.25. The smallest absolute Gasteiger partial charge is 0.330 e. The fraction of sp³-hybridized carbons (Fsp3) is 0.500. The second-order valence-electron chi connectivity index (χ2n) is 3.76. The lowest BCUT2D eigenvalue weighted by Gasteiger charge is -2.22. The number of hydrogen-bond acceptors (Lipinski definition) is 5. The molecule has 0 unspecified atom stereocenters. The minimum atomic E-state index is -0.831. The number of nitrogens with one attached hydrogen (secondary N) is 1. The summed E-state index contributed by atoms with van der Waals surface area (Å²) in [5, 5.41) is 2.91. The van der Waals surface area contributed by atoms with Gasteiger partial charge in [-0.3, -0.25) is 0 Å². The molecule has 0 saturated carbocycles. The fourth-order valence-corrected chi connectivity index (χ4v) is 1.09. The summed E-state index contributed by atoms with van der Waals surface area (Å²) in [7, 11) is 1.35. The quantitative estimate of drug-likeness (QED) is 0.756. The highest BCUT2D eigenvalue weighted by Gasteiger charge is 2.29. The molecule has 15 heavy (non-hydrogen) atoms. The Balaban J connectivity index is 2.81. The van der Waals surface area contributed by atoms with Crippen molar-refractivity contribution in [2.75, 3.05) is 12.4 Å². The summed E-state index contributed by atoms with van der Waals surface area (Å²) >= 11 is 0. The van der Waals surface area contributed by atoms with Crippen molar-refractivity contribution in [2.45, 2.75) is 26.3 Å². The minimum absolute atomic E-state index is 0.354. The van der Waals surface area contributed by atoms with Crippen molar-refractivity contribution in [3.63, 3.8) is 0 Å². The number of carbonyl (C=O) groups is 1. The normalized spacial score (nSPS) is 10.9. The van der Waals surface area contributed by atoms with E-state index in [-0.39, 0.29) is 5.97 Å². The third-order valence-electron chi connectivity index (χ3n) is 1.91. The number of aromatic nitrogens is 2. The molecule has 1 rings (SSSR count). The highest BCUT2D eigenvalue weighted by Crippen LogP contribution is 2.12. The highest BCUT2D eigenvalue weighted by atomic mass is 16.5. The van der Waals surface area contributed by atoms with Crippen LogP contribution in [0.1, 0.15) is 19.5 Å². The topological polar surface area (TPSA) is 64.1 Å². The lowest BCUT2D eigenvalue weighted by Crippen LogP contribution is -2.41. The number of hydrogen-bond donors (Lipinski definition) is 1. The van der Waals surface area contributed by atoms with Crippen LogP contribution in [-0.2, 0) is 9.53 Å². The zero-order chi connectivity index (χ0) is 11.5. The van der Waals surface area contributed by atoms with E-state index in [1.807, 2.05) is 6.92 Å². The SMILES string of the molecule is COC(=O)C(C)(C)Nc1nccc(C)n1. The summed E-state index contributed by atoms with van der Waals surface area (Å²) < 4.78 is 4.66. The Morgan fingerprint density at radius 3 is 2.73 bits per heavy atom. The van der Waals surface area contributed by atoms with Crippen LogP contribution in [-0.4, -0.2) is 28.6 Å². The lowest BCUT2D eigenvalue weighted by atomic mass is 10.1. The molecule has 1 aromatic heterocycles. The average molecular weight is 209 g/mol. The van der Waals surface area contributed by atoms with E-state index in [1.165, 1.54) is 7.11 Å². The maximum atomic E-state index is 11.4. The van der Waals surface area contributed by atoms with E-state index in [0.29, 0.717) is 5.95 Å². The number of ether oxygens (including phenoxy) is 1. The van der Waals surface area contributed by atoms with Gasteiger partial charge in [0.2, 0.25) is 5.95 Å². The Labute approximate surface area is 88.9 Å². The van der Waals surface area contributed by atoms with E-state index < -0.39 is 5.54 Å². The summed E-state index contributed by atoms with van der Waals surface area (Å²) in [5.74, 6) is 0.0676. The molecule has 1 N–H and O–H groups in total. The zero-order valence-corrected chi connectivity index (χ0v) is 9.37. The third kappa shape index (κ3) is 2.90. The summed E-state index contributed by atoms with van der Waals surface area (Å²) in [6.45, 7) is 5.28. The molecule has 1 aromatic rings. The molecule has 0 radical (unpaired) electrons. The van der Waals surface area contributed by atoms with Crippen molar-refractivity contribution in [1.29, 1.82) is 0 Å². The van der Waals surface area contributed by atoms with Gasteiger partial charge in [0.25, 0.3) is 0 Å². The van der Waals surface area contributed by atoms with Crippen LogP contribution in [0.2, 0.25) is 0 Å². The van der Waals surface area contributed by atoms with E-state index in [2.05, 4.69) is 20.0 Å². The van der Waals surface area contributed by atoms with E-state index in [0.717, 1.165) is 5.69 Å². The van der Waals surface area contributed by atoms with Crippen LogP contribution >= 0.6 is 0 Å². The number of aryl methyl sites for hydroxylation is 1. The summed E-state index contributed by atoms with van der Waals surface area (Å²) in [5.41, 5.74) is 0.0101. The van der Waals surface area contributed by atoms with Crippen LogP contribution in [0.4, 0.5) is 5.95 Å². The molecule has 1 heterocycles. The first-order chi connectivity index (χ1) is 6.95. The van der Waals surface area contributed by atoms with Gasteiger partial charge in [0, 0.05) is 11.9 Å². The first-order valence-electron chi connectivity index (χ1n) is 4.62. The number of carbonyl (C=O) groups excluding carboxylic acids is 1. The van der Waals surface area contributed by atoms with Crippen molar-refractivity contribution in [3.05, 3.63) is 18.0 Å². The van der Waals surface area contributed by atoms with Crippen molar-refractivity contribution >= 4 is 11.9 Å². The van der Waals surface area contributed by atoms with E-state index >= 15 is 0 Å². The molecular weight excluding hydrogens is 194 g/mol. The van der Waals surface area contributed by atoms with Gasteiger partial charge < -0.3 is 10.1 Å². The largest absolute Gasteiger partial charge is 0.467 e. The molecular formula is C10H15N3O2. The van der Waals surface area contributed by atoms with Gasteiger partial charge in [-0.2, -0.15) is 0 Å². The molecule has 0 aliphatic heterocycles. The molecule has 0 fully saturated rings. The summed E-state index contributed by atoms with van der Waals surface area (Å²) in [4.78, 5) is 19.5. The van der Waals surface area contributed by atoms with Gasteiger partial charge in [-0.1, -0.05) is 0 Å². The van der Waals surface area contributed by atoms with Crippen LogP contribution in [0.5, 0.6) is 0 Å². The standard InChI is InChI=1S/C10H15N3O2/c1-7-5-6-11-9(12-7)13-10(2,3)8(14)15-4/h5-6H,1-4H3,(H,11,12,13). The predicted octanol–water partition coefficient (Wildman–Crippen LogP) is 1.15. The Morgan fingerprint density at radius 1 is 1.53 bits per heavy atom. The summed E-state index contributed by atoms with van der Waals surface area (Å²) in [6.07, 6.45) is 1.64. The van der Waals surface area contributed by atoms with Crippen LogP contribution in [0, 0.1) is 6.92 Å². The molecule has 0 aliphatic carbocycles. The number of esters is 1. The highest BCUT2D eigenvalue weighted by molar-refractivity contribution is 5.82. The van der Waals surface area contributed by atoms with E-state index in [4.69, 9.17) is 0 Å². The molecule has 5 nitrogen and oxygen atoms in total. The van der Waals surface area contributed by atoms with Crippen LogP contribution in [0.15, 0.2) is 12.3 Å². The monoisotopic (exact) mass is 209 g/mol. The van der Waals surface area contributed by atoms with Gasteiger partial charge in [-0.05, 0) is 26.8 Å². The second-order valence-corrected chi connectivity index (χ2v) is 3.76. The average Bonchev–Trinajstić information content (AvgIpc) is 2.15. The molecule has 0 bridgehead atoms. The summed E-state index contributed by atoms with van der Waals surface area (Å²) in [6, 6.07) is 1.79. The number of methoxy groups -OCH3 is 1. The van der Waals surface area contributed by atoms with Gasteiger partial charge in [0.1, 0.15) is 5.54 Å². The maximum Gasteiger partial charge on any atom is 0.330 e.